The van der Waals surface area contributed by atoms with Crippen molar-refractivity contribution in [2.45, 2.75) is 39.2 Å². The first-order valence-corrected chi connectivity index (χ1v) is 13.0. The second kappa shape index (κ2) is 10.3. The van der Waals surface area contributed by atoms with E-state index in [9.17, 15) is 0 Å². The van der Waals surface area contributed by atoms with E-state index in [1.165, 1.54) is 40.6 Å². The third-order valence-electron chi connectivity index (χ3n) is 7.23. The van der Waals surface area contributed by atoms with Crippen molar-refractivity contribution in [2.24, 2.45) is 5.92 Å². The Morgan fingerprint density at radius 1 is 1.00 bits per heavy atom. The summed E-state index contributed by atoms with van der Waals surface area (Å²) in [4.78, 5) is 2.60. The molecule has 3 aromatic carbocycles. The first-order chi connectivity index (χ1) is 17.0. The summed E-state index contributed by atoms with van der Waals surface area (Å²) in [7, 11) is 0. The van der Waals surface area contributed by atoms with Gasteiger partial charge in [-0.05, 0) is 85.3 Å². The minimum absolute atomic E-state index is 0.422. The number of para-hydroxylation sites is 1. The molecule has 0 saturated carbocycles. The van der Waals surface area contributed by atoms with Gasteiger partial charge in [-0.3, -0.25) is 4.90 Å². The van der Waals surface area contributed by atoms with Crippen molar-refractivity contribution in [1.29, 1.82) is 0 Å². The molecule has 1 N–H and O–H groups in total. The highest BCUT2D eigenvalue weighted by Gasteiger charge is 2.22. The van der Waals surface area contributed by atoms with Gasteiger partial charge in [-0.15, -0.1) is 0 Å². The van der Waals surface area contributed by atoms with E-state index in [0.717, 1.165) is 36.0 Å². The normalized spacial score (nSPS) is 15.1. The van der Waals surface area contributed by atoms with Crippen LogP contribution in [0.15, 0.2) is 91.3 Å². The van der Waals surface area contributed by atoms with Gasteiger partial charge in [0.05, 0.1) is 5.52 Å². The number of fused-ring (bicyclic) bond motifs is 1. The maximum Gasteiger partial charge on any atom is 0.0546 e. The van der Waals surface area contributed by atoms with Gasteiger partial charge in [0.1, 0.15) is 0 Å². The molecule has 2 heterocycles. The predicted molar refractivity (Wildman–Crippen MR) is 150 cm³/mol. The highest BCUT2D eigenvalue weighted by Crippen LogP contribution is 2.33. The molecule has 0 radical (unpaired) electrons. The summed E-state index contributed by atoms with van der Waals surface area (Å²) in [5.74, 6) is 1.02. The molecule has 0 aliphatic carbocycles. The molecular weight excluding hydrogens is 450 g/mol. The maximum absolute atomic E-state index is 6.37. The monoisotopic (exact) mass is 483 g/mol. The van der Waals surface area contributed by atoms with Crippen molar-refractivity contribution < 1.29 is 0 Å². The summed E-state index contributed by atoms with van der Waals surface area (Å²) in [5, 5.41) is 5.54. The molecule has 1 aliphatic heterocycles. The van der Waals surface area contributed by atoms with Crippen LogP contribution in [0.4, 0.5) is 5.69 Å². The van der Waals surface area contributed by atoms with Crippen molar-refractivity contribution >= 4 is 28.2 Å². The quantitative estimate of drug-likeness (QED) is 0.285. The van der Waals surface area contributed by atoms with Gasteiger partial charge in [-0.1, -0.05) is 68.4 Å². The Bertz CT molecular complexity index is 1310. The number of aromatic nitrogens is 1. The minimum atomic E-state index is 0.422. The van der Waals surface area contributed by atoms with Crippen LogP contribution in [0, 0.1) is 5.92 Å². The minimum Gasteiger partial charge on any atom is -0.359 e. The molecule has 0 amide bonds. The number of allylic oxidation sites excluding steroid dienone is 1. The number of hydrogen-bond acceptors (Lipinski definition) is 2. The van der Waals surface area contributed by atoms with Crippen LogP contribution in [-0.4, -0.2) is 22.6 Å². The van der Waals surface area contributed by atoms with E-state index in [2.05, 4.69) is 108 Å². The van der Waals surface area contributed by atoms with Crippen molar-refractivity contribution in [3.8, 4) is 5.69 Å². The third kappa shape index (κ3) is 5.32. The zero-order valence-electron chi connectivity index (χ0n) is 20.7. The smallest absolute Gasteiger partial charge is 0.0546 e. The highest BCUT2D eigenvalue weighted by atomic mass is 35.5. The van der Waals surface area contributed by atoms with Gasteiger partial charge < -0.3 is 9.88 Å². The van der Waals surface area contributed by atoms with Gasteiger partial charge in [-0.2, -0.15) is 0 Å². The molecule has 0 unspecified atom stereocenters. The molecule has 3 nitrogen and oxygen atoms in total. The summed E-state index contributed by atoms with van der Waals surface area (Å²) in [5.41, 5.74) is 7.34. The lowest BCUT2D eigenvalue weighted by Crippen LogP contribution is -2.32. The van der Waals surface area contributed by atoms with E-state index in [0.29, 0.717) is 11.8 Å². The lowest BCUT2D eigenvalue weighted by atomic mass is 9.89. The molecule has 0 atom stereocenters. The zero-order chi connectivity index (χ0) is 24.4. The summed E-state index contributed by atoms with van der Waals surface area (Å²) < 4.78 is 2.27. The number of anilines is 1. The molecule has 1 aliphatic rings. The number of nitrogens with one attached hydrogen (secondary N) is 1. The van der Waals surface area contributed by atoms with Crippen molar-refractivity contribution in [2.75, 3.05) is 18.4 Å². The van der Waals surface area contributed by atoms with Crippen molar-refractivity contribution in [3.05, 3.63) is 107 Å². The van der Waals surface area contributed by atoms with Gasteiger partial charge in [0.2, 0.25) is 0 Å². The number of halogens is 1. The molecule has 1 saturated heterocycles. The van der Waals surface area contributed by atoms with Gasteiger partial charge in [-0.25, -0.2) is 0 Å². The van der Waals surface area contributed by atoms with E-state index in [-0.39, 0.29) is 0 Å². The molecule has 180 valence electrons. The Labute approximate surface area is 214 Å². The average Bonchev–Trinajstić information content (AvgIpc) is 3.22. The largest absolute Gasteiger partial charge is 0.359 e. The molecular formula is C31H34ClN3. The molecule has 0 bridgehead atoms. The van der Waals surface area contributed by atoms with Gasteiger partial charge in [0, 0.05) is 40.2 Å². The Kier molecular flexibility index (Phi) is 6.99. The van der Waals surface area contributed by atoms with Crippen LogP contribution >= 0.6 is 11.6 Å². The standard InChI is InChI=1S/C31H34ClN3/c1-22(2)23(3)33-28-9-7-8-25(18-28)24-14-16-34(17-15-24)20-26-21-35(29-10-5-4-6-11-29)31-19-27(32)12-13-30(26)31/h4-13,18-19,21-22,24,33H,3,14-17,20H2,1-2H3. The summed E-state index contributed by atoms with van der Waals surface area (Å²) in [6, 6.07) is 25.7. The molecule has 5 rings (SSSR count). The van der Waals surface area contributed by atoms with E-state index in [1.807, 2.05) is 6.07 Å². The van der Waals surface area contributed by atoms with Gasteiger partial charge in [0.25, 0.3) is 0 Å². The molecule has 1 aromatic heterocycles. The van der Waals surface area contributed by atoms with Crippen LogP contribution in [0.5, 0.6) is 0 Å². The Morgan fingerprint density at radius 2 is 1.77 bits per heavy atom. The average molecular weight is 484 g/mol. The van der Waals surface area contributed by atoms with Crippen LogP contribution < -0.4 is 5.32 Å². The maximum atomic E-state index is 6.37. The van der Waals surface area contributed by atoms with Crippen LogP contribution in [-0.2, 0) is 6.54 Å². The van der Waals surface area contributed by atoms with E-state index in [1.54, 1.807) is 0 Å². The zero-order valence-corrected chi connectivity index (χ0v) is 21.4. The first kappa shape index (κ1) is 23.7. The summed E-state index contributed by atoms with van der Waals surface area (Å²) >= 11 is 6.37. The number of nitrogens with zero attached hydrogens (tertiary/aromatic N) is 2. The molecule has 4 aromatic rings. The fourth-order valence-electron chi connectivity index (χ4n) is 5.06. The van der Waals surface area contributed by atoms with E-state index < -0.39 is 0 Å². The topological polar surface area (TPSA) is 20.2 Å². The Morgan fingerprint density at radius 3 is 2.51 bits per heavy atom. The van der Waals surface area contributed by atoms with Crippen LogP contribution in [0.3, 0.4) is 0 Å². The number of rotatable bonds is 7. The molecule has 4 heteroatoms. The van der Waals surface area contributed by atoms with Crippen LogP contribution in [0.2, 0.25) is 5.02 Å². The van der Waals surface area contributed by atoms with Gasteiger partial charge >= 0.3 is 0 Å². The Balaban J connectivity index is 1.29. The van der Waals surface area contributed by atoms with Crippen molar-refractivity contribution in [1.82, 2.24) is 9.47 Å². The van der Waals surface area contributed by atoms with Crippen LogP contribution in [0.25, 0.3) is 16.6 Å². The SMILES string of the molecule is C=C(Nc1cccc(C2CCN(Cc3cn(-c4ccccc4)c4cc(Cl)ccc34)CC2)c1)C(C)C. The second-order valence-corrected chi connectivity index (χ2v) is 10.4. The number of benzene rings is 3. The molecule has 0 spiro atoms. The molecule has 35 heavy (non-hydrogen) atoms. The second-order valence-electron chi connectivity index (χ2n) is 10.0. The number of piperidine rings is 1. The summed E-state index contributed by atoms with van der Waals surface area (Å²) in [6.07, 6.45) is 4.65. The van der Waals surface area contributed by atoms with E-state index in [4.69, 9.17) is 11.6 Å². The predicted octanol–water partition coefficient (Wildman–Crippen LogP) is 8.25. The summed E-state index contributed by atoms with van der Waals surface area (Å²) in [6.45, 7) is 11.7. The number of likely N-dealkylation sites (tertiary alicyclic amines) is 1. The molecule has 1 fully saturated rings. The fourth-order valence-corrected chi connectivity index (χ4v) is 5.23. The Hall–Kier alpha value is -3.01. The first-order valence-electron chi connectivity index (χ1n) is 12.6. The van der Waals surface area contributed by atoms with Crippen LogP contribution in [0.1, 0.15) is 43.7 Å². The van der Waals surface area contributed by atoms with Crippen molar-refractivity contribution in [3.63, 3.8) is 0 Å². The van der Waals surface area contributed by atoms with E-state index >= 15 is 0 Å². The lowest BCUT2D eigenvalue weighted by molar-refractivity contribution is 0.205. The van der Waals surface area contributed by atoms with Gasteiger partial charge in [0.15, 0.2) is 0 Å². The highest BCUT2D eigenvalue weighted by molar-refractivity contribution is 6.31. The third-order valence-corrected chi connectivity index (χ3v) is 7.46. The lowest BCUT2D eigenvalue weighted by Gasteiger charge is -2.32. The fraction of sp³-hybridized carbons (Fsp3) is 0.290. The number of hydrogen-bond donors (Lipinski definition) is 1.